The third kappa shape index (κ3) is 3.60. The Bertz CT molecular complexity index is 838. The van der Waals surface area contributed by atoms with Crippen LogP contribution in [-0.2, 0) is 0 Å². The molecular formula is C19H14ClFN2O. The topological polar surface area (TPSA) is 42.0 Å². The minimum absolute atomic E-state index is 0.279. The van der Waals surface area contributed by atoms with Gasteiger partial charge in [-0.3, -0.25) is 9.78 Å². The van der Waals surface area contributed by atoms with Crippen LogP contribution in [0.25, 0.3) is 0 Å². The van der Waals surface area contributed by atoms with Crippen LogP contribution in [0.5, 0.6) is 0 Å². The molecule has 3 nitrogen and oxygen atoms in total. The number of aromatic nitrogens is 1. The van der Waals surface area contributed by atoms with Gasteiger partial charge in [0.2, 0.25) is 0 Å². The number of rotatable bonds is 4. The number of benzene rings is 2. The van der Waals surface area contributed by atoms with Gasteiger partial charge in [-0.15, -0.1) is 0 Å². The number of hydrogen-bond acceptors (Lipinski definition) is 2. The number of hydrogen-bond donors (Lipinski definition) is 1. The maximum atomic E-state index is 13.2. The van der Waals surface area contributed by atoms with E-state index in [1.54, 1.807) is 18.2 Å². The van der Waals surface area contributed by atoms with E-state index in [4.69, 9.17) is 11.6 Å². The van der Waals surface area contributed by atoms with Crippen molar-refractivity contribution >= 4 is 17.5 Å². The van der Waals surface area contributed by atoms with E-state index in [2.05, 4.69) is 10.3 Å². The van der Waals surface area contributed by atoms with Crippen molar-refractivity contribution in [2.24, 2.45) is 0 Å². The lowest BCUT2D eigenvalue weighted by molar-refractivity contribution is 0.0943. The Morgan fingerprint density at radius 2 is 1.67 bits per heavy atom. The van der Waals surface area contributed by atoms with Gasteiger partial charge >= 0.3 is 0 Å². The minimum Gasteiger partial charge on any atom is -0.341 e. The first-order chi connectivity index (χ1) is 11.6. The number of nitrogens with zero attached hydrogens (tertiary/aromatic N) is 1. The van der Waals surface area contributed by atoms with Gasteiger partial charge in [-0.25, -0.2) is 4.39 Å². The van der Waals surface area contributed by atoms with E-state index in [1.165, 1.54) is 24.5 Å². The SMILES string of the molecule is O=C(N[C@H](c1ccccc1)c1ccc(F)cc1)c1ccncc1Cl. The van der Waals surface area contributed by atoms with E-state index < -0.39 is 6.04 Å². The van der Waals surface area contributed by atoms with Crippen molar-refractivity contribution in [2.75, 3.05) is 0 Å². The molecule has 5 heteroatoms. The summed E-state index contributed by atoms with van der Waals surface area (Å²) in [5.41, 5.74) is 2.01. The van der Waals surface area contributed by atoms with E-state index in [0.29, 0.717) is 5.56 Å². The van der Waals surface area contributed by atoms with Gasteiger partial charge in [0.15, 0.2) is 0 Å². The summed E-state index contributed by atoms with van der Waals surface area (Å²) < 4.78 is 13.2. The molecule has 1 amide bonds. The molecule has 0 aliphatic rings. The average Bonchev–Trinajstić information content (AvgIpc) is 2.61. The lowest BCUT2D eigenvalue weighted by atomic mass is 9.98. The third-order valence-corrected chi connectivity index (χ3v) is 3.93. The zero-order valence-corrected chi connectivity index (χ0v) is 13.4. The van der Waals surface area contributed by atoms with Crippen molar-refractivity contribution in [3.05, 3.63) is 101 Å². The molecule has 0 bridgehead atoms. The summed E-state index contributed by atoms with van der Waals surface area (Å²) in [6.07, 6.45) is 2.93. The first-order valence-corrected chi connectivity index (χ1v) is 7.74. The maximum Gasteiger partial charge on any atom is 0.253 e. The van der Waals surface area contributed by atoms with Crippen LogP contribution in [-0.4, -0.2) is 10.9 Å². The summed E-state index contributed by atoms with van der Waals surface area (Å²) in [5.74, 6) is -0.644. The Morgan fingerprint density at radius 1 is 1.00 bits per heavy atom. The molecule has 0 aliphatic heterocycles. The molecule has 0 unspecified atom stereocenters. The van der Waals surface area contributed by atoms with Crippen LogP contribution in [0.15, 0.2) is 73.1 Å². The van der Waals surface area contributed by atoms with Crippen LogP contribution >= 0.6 is 11.6 Å². The van der Waals surface area contributed by atoms with Gasteiger partial charge in [-0.2, -0.15) is 0 Å². The summed E-state index contributed by atoms with van der Waals surface area (Å²) >= 11 is 6.04. The van der Waals surface area contributed by atoms with E-state index in [0.717, 1.165) is 11.1 Å². The van der Waals surface area contributed by atoms with Crippen LogP contribution in [0.3, 0.4) is 0 Å². The zero-order chi connectivity index (χ0) is 16.9. The second-order valence-electron chi connectivity index (χ2n) is 5.22. The first-order valence-electron chi connectivity index (χ1n) is 7.36. The van der Waals surface area contributed by atoms with E-state index in [1.807, 2.05) is 30.3 Å². The molecule has 1 heterocycles. The highest BCUT2D eigenvalue weighted by molar-refractivity contribution is 6.33. The fraction of sp³-hybridized carbons (Fsp3) is 0.0526. The number of carbonyl (C=O) groups is 1. The van der Waals surface area contributed by atoms with Gasteiger partial charge in [0.1, 0.15) is 5.82 Å². The van der Waals surface area contributed by atoms with Gasteiger partial charge in [0, 0.05) is 12.4 Å². The molecule has 1 atom stereocenters. The quantitative estimate of drug-likeness (QED) is 0.765. The van der Waals surface area contributed by atoms with Crippen molar-refractivity contribution < 1.29 is 9.18 Å². The Kier molecular flexibility index (Phi) is 4.87. The predicted molar refractivity (Wildman–Crippen MR) is 91.4 cm³/mol. The van der Waals surface area contributed by atoms with Crippen LogP contribution in [0.2, 0.25) is 5.02 Å². The molecule has 0 aliphatic carbocycles. The standard InChI is InChI=1S/C19H14ClFN2O/c20-17-12-22-11-10-16(17)19(24)23-18(13-4-2-1-3-5-13)14-6-8-15(21)9-7-14/h1-12,18H,(H,23,24)/t18-/m1/s1. The van der Waals surface area contributed by atoms with E-state index in [-0.39, 0.29) is 16.7 Å². The second kappa shape index (κ2) is 7.23. The lowest BCUT2D eigenvalue weighted by Crippen LogP contribution is -2.29. The largest absolute Gasteiger partial charge is 0.341 e. The summed E-state index contributed by atoms with van der Waals surface area (Å²) in [7, 11) is 0. The number of pyridine rings is 1. The smallest absolute Gasteiger partial charge is 0.253 e. The minimum atomic E-state index is -0.413. The average molecular weight is 341 g/mol. The summed E-state index contributed by atoms with van der Waals surface area (Å²) in [6, 6.07) is 16.7. The number of nitrogens with one attached hydrogen (secondary N) is 1. The van der Waals surface area contributed by atoms with E-state index in [9.17, 15) is 9.18 Å². The molecule has 3 aromatic rings. The monoisotopic (exact) mass is 340 g/mol. The fourth-order valence-corrected chi connectivity index (χ4v) is 2.63. The van der Waals surface area contributed by atoms with Crippen molar-refractivity contribution in [1.29, 1.82) is 0 Å². The molecule has 0 spiro atoms. The molecular weight excluding hydrogens is 327 g/mol. The fourth-order valence-electron chi connectivity index (χ4n) is 2.43. The summed E-state index contributed by atoms with van der Waals surface area (Å²) in [4.78, 5) is 16.5. The van der Waals surface area contributed by atoms with Crippen LogP contribution in [0, 0.1) is 5.82 Å². The highest BCUT2D eigenvalue weighted by Gasteiger charge is 2.19. The predicted octanol–water partition coefficient (Wildman–Crippen LogP) is 4.39. The van der Waals surface area contributed by atoms with Crippen LogP contribution < -0.4 is 5.32 Å². The van der Waals surface area contributed by atoms with Crippen molar-refractivity contribution in [3.8, 4) is 0 Å². The van der Waals surface area contributed by atoms with E-state index >= 15 is 0 Å². The molecule has 0 saturated carbocycles. The van der Waals surface area contributed by atoms with Gasteiger partial charge in [0.25, 0.3) is 5.91 Å². The molecule has 120 valence electrons. The number of amides is 1. The third-order valence-electron chi connectivity index (χ3n) is 3.63. The van der Waals surface area contributed by atoms with Gasteiger partial charge in [-0.05, 0) is 29.3 Å². The molecule has 0 saturated heterocycles. The molecule has 2 aromatic carbocycles. The molecule has 3 rings (SSSR count). The Labute approximate surface area is 144 Å². The molecule has 1 N–H and O–H groups in total. The molecule has 0 radical (unpaired) electrons. The summed E-state index contributed by atoms with van der Waals surface area (Å²) in [5, 5.41) is 3.23. The number of halogens is 2. The van der Waals surface area contributed by atoms with Gasteiger partial charge < -0.3 is 5.32 Å². The first kappa shape index (κ1) is 16.1. The molecule has 24 heavy (non-hydrogen) atoms. The summed E-state index contributed by atoms with van der Waals surface area (Å²) in [6.45, 7) is 0. The van der Waals surface area contributed by atoms with Crippen molar-refractivity contribution in [2.45, 2.75) is 6.04 Å². The van der Waals surface area contributed by atoms with Crippen molar-refractivity contribution in [3.63, 3.8) is 0 Å². The Balaban J connectivity index is 1.95. The van der Waals surface area contributed by atoms with Gasteiger partial charge in [0.05, 0.1) is 16.6 Å². The second-order valence-corrected chi connectivity index (χ2v) is 5.63. The normalized spacial score (nSPS) is 11.8. The molecule has 0 fully saturated rings. The number of carbonyl (C=O) groups excluding carboxylic acids is 1. The lowest BCUT2D eigenvalue weighted by Gasteiger charge is -2.20. The maximum absolute atomic E-state index is 13.2. The van der Waals surface area contributed by atoms with Crippen molar-refractivity contribution in [1.82, 2.24) is 10.3 Å². The Hall–Kier alpha value is -2.72. The zero-order valence-electron chi connectivity index (χ0n) is 12.6. The highest BCUT2D eigenvalue weighted by Crippen LogP contribution is 2.24. The van der Waals surface area contributed by atoms with Gasteiger partial charge in [-0.1, -0.05) is 54.1 Å². The molecule has 1 aromatic heterocycles. The Morgan fingerprint density at radius 3 is 2.33 bits per heavy atom. The van der Waals surface area contributed by atoms with Crippen LogP contribution in [0.1, 0.15) is 27.5 Å². The highest BCUT2D eigenvalue weighted by atomic mass is 35.5. The van der Waals surface area contributed by atoms with Crippen LogP contribution in [0.4, 0.5) is 4.39 Å².